The summed E-state index contributed by atoms with van der Waals surface area (Å²) in [6, 6.07) is 4.47. The van der Waals surface area contributed by atoms with Crippen LogP contribution in [0.2, 0.25) is 0 Å². The molecule has 0 amide bonds. The number of carboxylic acids is 1. The number of benzene rings is 1. The van der Waals surface area contributed by atoms with Gasteiger partial charge in [-0.3, -0.25) is 9.59 Å². The molecular formula is C14H15FO3S. The highest BCUT2D eigenvalue weighted by molar-refractivity contribution is 8.13. The Hall–Kier alpha value is -1.62. The third-order valence-corrected chi connectivity index (χ3v) is 3.17. The maximum atomic E-state index is 13.5. The van der Waals surface area contributed by atoms with Gasteiger partial charge in [0, 0.05) is 12.7 Å². The summed E-state index contributed by atoms with van der Waals surface area (Å²) in [5, 5.41) is 8.68. The summed E-state index contributed by atoms with van der Waals surface area (Å²) in [7, 11) is 0. The second-order valence-corrected chi connectivity index (χ2v) is 5.22. The monoisotopic (exact) mass is 282 g/mol. The van der Waals surface area contributed by atoms with E-state index >= 15 is 0 Å². The second kappa shape index (κ2) is 7.74. The molecule has 0 bridgehead atoms. The molecule has 0 heterocycles. The first kappa shape index (κ1) is 15.4. The van der Waals surface area contributed by atoms with Crippen molar-refractivity contribution in [2.45, 2.75) is 19.8 Å². The minimum absolute atomic E-state index is 0.0810. The van der Waals surface area contributed by atoms with E-state index in [0.717, 1.165) is 6.42 Å². The molecule has 1 aromatic carbocycles. The number of carboxylic acid groups (broad SMARTS) is 1. The zero-order valence-electron chi connectivity index (χ0n) is 10.6. The van der Waals surface area contributed by atoms with E-state index in [0.29, 0.717) is 11.3 Å². The van der Waals surface area contributed by atoms with E-state index < -0.39 is 11.8 Å². The summed E-state index contributed by atoms with van der Waals surface area (Å²) in [6.07, 6.45) is 4.03. The molecule has 0 unspecified atom stereocenters. The average molecular weight is 282 g/mol. The molecular weight excluding hydrogens is 267 g/mol. The standard InChI is InChI=1S/C14H15FO3S/c1-10(16)19-7-3-2-4-11-5-6-12(9-14(17)18)13(15)8-11/h2,4-6,8H,3,7,9H2,1H3,(H,17,18). The van der Waals surface area contributed by atoms with Crippen molar-refractivity contribution in [3.8, 4) is 0 Å². The van der Waals surface area contributed by atoms with E-state index in [2.05, 4.69) is 0 Å². The van der Waals surface area contributed by atoms with E-state index in [1.807, 2.05) is 6.08 Å². The van der Waals surface area contributed by atoms with Gasteiger partial charge in [-0.2, -0.15) is 0 Å². The van der Waals surface area contributed by atoms with Crippen LogP contribution in [0.5, 0.6) is 0 Å². The first-order valence-electron chi connectivity index (χ1n) is 5.79. The van der Waals surface area contributed by atoms with Crippen molar-refractivity contribution in [1.29, 1.82) is 0 Å². The lowest BCUT2D eigenvalue weighted by Gasteiger charge is -2.01. The van der Waals surface area contributed by atoms with E-state index in [9.17, 15) is 14.0 Å². The molecule has 0 aliphatic heterocycles. The molecule has 0 atom stereocenters. The Morgan fingerprint density at radius 2 is 2.16 bits per heavy atom. The molecule has 0 aliphatic carbocycles. The molecule has 0 saturated carbocycles. The van der Waals surface area contributed by atoms with Gasteiger partial charge in [0.25, 0.3) is 0 Å². The van der Waals surface area contributed by atoms with Crippen LogP contribution in [-0.4, -0.2) is 21.9 Å². The zero-order chi connectivity index (χ0) is 14.3. The largest absolute Gasteiger partial charge is 0.481 e. The van der Waals surface area contributed by atoms with Crippen molar-refractivity contribution in [1.82, 2.24) is 0 Å². The third-order valence-electron chi connectivity index (χ3n) is 2.32. The lowest BCUT2D eigenvalue weighted by atomic mass is 10.1. The van der Waals surface area contributed by atoms with Crippen molar-refractivity contribution in [3.63, 3.8) is 0 Å². The molecule has 1 N–H and O–H groups in total. The quantitative estimate of drug-likeness (QED) is 0.814. The minimum atomic E-state index is -1.05. The molecule has 5 heteroatoms. The van der Waals surface area contributed by atoms with Gasteiger partial charge >= 0.3 is 5.97 Å². The number of carbonyl (C=O) groups is 2. The predicted molar refractivity (Wildman–Crippen MR) is 74.5 cm³/mol. The molecule has 19 heavy (non-hydrogen) atoms. The van der Waals surface area contributed by atoms with Crippen molar-refractivity contribution < 1.29 is 19.1 Å². The van der Waals surface area contributed by atoms with E-state index in [1.165, 1.54) is 30.8 Å². The van der Waals surface area contributed by atoms with Gasteiger partial charge in [0.1, 0.15) is 5.82 Å². The number of halogens is 1. The van der Waals surface area contributed by atoms with Crippen molar-refractivity contribution in [3.05, 3.63) is 41.2 Å². The molecule has 0 spiro atoms. The van der Waals surface area contributed by atoms with Crippen LogP contribution in [-0.2, 0) is 16.0 Å². The van der Waals surface area contributed by atoms with Gasteiger partial charge in [0.15, 0.2) is 5.12 Å². The van der Waals surface area contributed by atoms with Gasteiger partial charge in [0.2, 0.25) is 0 Å². The van der Waals surface area contributed by atoms with Gasteiger partial charge in [-0.05, 0) is 23.6 Å². The highest BCUT2D eigenvalue weighted by Crippen LogP contribution is 2.13. The topological polar surface area (TPSA) is 54.4 Å². The first-order chi connectivity index (χ1) is 8.99. The van der Waals surface area contributed by atoms with Crippen molar-refractivity contribution in [2.24, 2.45) is 0 Å². The summed E-state index contributed by atoms with van der Waals surface area (Å²) in [5.74, 6) is -0.864. The van der Waals surface area contributed by atoms with Crippen molar-refractivity contribution in [2.75, 3.05) is 5.75 Å². The van der Waals surface area contributed by atoms with Gasteiger partial charge < -0.3 is 5.11 Å². The van der Waals surface area contributed by atoms with Crippen LogP contribution >= 0.6 is 11.8 Å². The summed E-state index contributed by atoms with van der Waals surface area (Å²) in [6.45, 7) is 1.52. The molecule has 0 fully saturated rings. The van der Waals surface area contributed by atoms with Crippen molar-refractivity contribution >= 4 is 28.9 Å². The summed E-state index contributed by atoms with van der Waals surface area (Å²) in [4.78, 5) is 21.2. The Balaban J connectivity index is 2.55. The van der Waals surface area contributed by atoms with Gasteiger partial charge in [-0.25, -0.2) is 4.39 Å². The molecule has 1 aromatic rings. The minimum Gasteiger partial charge on any atom is -0.481 e. The first-order valence-corrected chi connectivity index (χ1v) is 6.77. The van der Waals surface area contributed by atoms with Gasteiger partial charge in [0.05, 0.1) is 6.42 Å². The Bertz CT molecular complexity index is 497. The fourth-order valence-corrected chi connectivity index (χ4v) is 2.01. The SMILES string of the molecule is CC(=O)SCCC=Cc1ccc(CC(=O)O)c(F)c1. The zero-order valence-corrected chi connectivity index (χ0v) is 11.4. The van der Waals surface area contributed by atoms with Crippen LogP contribution < -0.4 is 0 Å². The fourth-order valence-electron chi connectivity index (χ4n) is 1.46. The lowest BCUT2D eigenvalue weighted by molar-refractivity contribution is -0.136. The normalized spacial score (nSPS) is 10.8. The number of hydrogen-bond donors (Lipinski definition) is 1. The smallest absolute Gasteiger partial charge is 0.307 e. The molecule has 3 nitrogen and oxygen atoms in total. The lowest BCUT2D eigenvalue weighted by Crippen LogP contribution is -2.02. The fraction of sp³-hybridized carbons (Fsp3) is 0.286. The average Bonchev–Trinajstić information content (AvgIpc) is 2.31. The maximum absolute atomic E-state index is 13.5. The Labute approximate surface area is 115 Å². The van der Waals surface area contributed by atoms with E-state index in [4.69, 9.17) is 5.11 Å². The second-order valence-electron chi connectivity index (χ2n) is 3.95. The summed E-state index contributed by atoms with van der Waals surface area (Å²) >= 11 is 1.25. The van der Waals surface area contributed by atoms with Crippen LogP contribution in [0.15, 0.2) is 24.3 Å². The number of carbonyl (C=O) groups excluding carboxylic acids is 1. The number of aliphatic carboxylic acids is 1. The van der Waals surface area contributed by atoms with E-state index in [1.54, 1.807) is 12.1 Å². The molecule has 1 rings (SSSR count). The number of rotatable bonds is 6. The highest BCUT2D eigenvalue weighted by atomic mass is 32.2. The molecule has 0 aliphatic rings. The van der Waals surface area contributed by atoms with Crippen LogP contribution in [0.25, 0.3) is 6.08 Å². The van der Waals surface area contributed by atoms with Crippen LogP contribution in [0, 0.1) is 5.82 Å². The number of allylic oxidation sites excluding steroid dienone is 1. The highest BCUT2D eigenvalue weighted by Gasteiger charge is 2.06. The number of thioether (sulfide) groups is 1. The number of hydrogen-bond acceptors (Lipinski definition) is 3. The van der Waals surface area contributed by atoms with Gasteiger partial charge in [-0.15, -0.1) is 0 Å². The Morgan fingerprint density at radius 1 is 1.42 bits per heavy atom. The van der Waals surface area contributed by atoms with E-state index in [-0.39, 0.29) is 17.1 Å². The Morgan fingerprint density at radius 3 is 2.74 bits per heavy atom. The Kier molecular flexibility index (Phi) is 6.29. The van der Waals surface area contributed by atoms with Crippen LogP contribution in [0.3, 0.4) is 0 Å². The molecule has 102 valence electrons. The summed E-state index contributed by atoms with van der Waals surface area (Å²) < 4.78 is 13.5. The molecule has 0 aromatic heterocycles. The molecule has 0 saturated heterocycles. The molecule has 0 radical (unpaired) electrons. The third kappa shape index (κ3) is 6.20. The maximum Gasteiger partial charge on any atom is 0.307 e. The van der Waals surface area contributed by atoms with Crippen LogP contribution in [0.4, 0.5) is 4.39 Å². The van der Waals surface area contributed by atoms with Gasteiger partial charge in [-0.1, -0.05) is 36.0 Å². The summed E-state index contributed by atoms with van der Waals surface area (Å²) in [5.41, 5.74) is 0.858. The predicted octanol–water partition coefficient (Wildman–Crippen LogP) is 3.14. The van der Waals surface area contributed by atoms with Crippen LogP contribution in [0.1, 0.15) is 24.5 Å².